The van der Waals surface area contributed by atoms with E-state index in [0.29, 0.717) is 11.4 Å². The SMILES string of the molecule is COCCn1c(C)cc2c(c1=O)[C@]1(C(=O)N(CC(N)=O)c3ccccc31)C(C(=O)OC)=C(N)O2. The summed E-state index contributed by atoms with van der Waals surface area (Å²) in [6.07, 6.45) is 0. The van der Waals surface area contributed by atoms with Gasteiger partial charge in [0, 0.05) is 36.7 Å². The van der Waals surface area contributed by atoms with E-state index in [0.717, 1.165) is 12.0 Å². The summed E-state index contributed by atoms with van der Waals surface area (Å²) < 4.78 is 17.2. The number of methoxy groups -OCH3 is 2. The summed E-state index contributed by atoms with van der Waals surface area (Å²) in [5.74, 6) is -2.80. The number of hydrogen-bond donors (Lipinski definition) is 2. The number of esters is 1. The predicted molar refractivity (Wildman–Crippen MR) is 120 cm³/mol. The van der Waals surface area contributed by atoms with Crippen LogP contribution in [0.3, 0.4) is 0 Å². The van der Waals surface area contributed by atoms with Crippen molar-refractivity contribution in [3.05, 3.63) is 69.0 Å². The maximum atomic E-state index is 14.2. The van der Waals surface area contributed by atoms with E-state index in [2.05, 4.69) is 0 Å². The monoisotopic (exact) mass is 468 g/mol. The second-order valence-electron chi connectivity index (χ2n) is 7.93. The van der Waals surface area contributed by atoms with Gasteiger partial charge in [0.15, 0.2) is 0 Å². The highest BCUT2D eigenvalue weighted by atomic mass is 16.5. The van der Waals surface area contributed by atoms with Crippen LogP contribution in [0, 0.1) is 6.92 Å². The summed E-state index contributed by atoms with van der Waals surface area (Å²) in [5.41, 5.74) is 9.72. The van der Waals surface area contributed by atoms with Gasteiger partial charge in [-0.25, -0.2) is 4.79 Å². The largest absolute Gasteiger partial charge is 0.465 e. The van der Waals surface area contributed by atoms with Gasteiger partial charge in [0.1, 0.15) is 23.3 Å². The minimum atomic E-state index is -2.00. The summed E-state index contributed by atoms with van der Waals surface area (Å²) in [7, 11) is 2.63. The smallest absolute Gasteiger partial charge is 0.340 e. The highest BCUT2D eigenvalue weighted by molar-refractivity contribution is 6.19. The topological polar surface area (TPSA) is 156 Å². The number of pyridine rings is 1. The number of fused-ring (bicyclic) bond motifs is 4. The molecule has 2 aromatic rings. The van der Waals surface area contributed by atoms with Crippen LogP contribution in [0.15, 0.2) is 46.6 Å². The fourth-order valence-electron chi connectivity index (χ4n) is 4.71. The molecular weight excluding hydrogens is 444 g/mol. The van der Waals surface area contributed by atoms with Crippen molar-refractivity contribution in [2.75, 3.05) is 32.3 Å². The number of nitrogens with two attached hydrogens (primary N) is 2. The second-order valence-corrected chi connectivity index (χ2v) is 7.93. The van der Waals surface area contributed by atoms with Gasteiger partial charge in [-0.3, -0.25) is 14.4 Å². The number of carbonyl (C=O) groups excluding carboxylic acids is 3. The first-order valence-corrected chi connectivity index (χ1v) is 10.4. The highest BCUT2D eigenvalue weighted by Gasteiger charge is 2.62. The molecule has 2 aliphatic rings. The summed E-state index contributed by atoms with van der Waals surface area (Å²) in [4.78, 5) is 54.1. The number of rotatable bonds is 6. The van der Waals surface area contributed by atoms with E-state index in [1.165, 1.54) is 11.7 Å². The van der Waals surface area contributed by atoms with E-state index in [4.69, 9.17) is 25.7 Å². The molecule has 0 aliphatic carbocycles. The summed E-state index contributed by atoms with van der Waals surface area (Å²) in [6, 6.07) is 8.08. The lowest BCUT2D eigenvalue weighted by atomic mass is 9.68. The first-order valence-electron chi connectivity index (χ1n) is 10.4. The number of nitrogens with zero attached hydrogens (tertiary/aromatic N) is 2. The molecule has 34 heavy (non-hydrogen) atoms. The fraction of sp³-hybridized carbons (Fsp3) is 0.304. The van der Waals surface area contributed by atoms with Crippen LogP contribution in [0.1, 0.15) is 16.8 Å². The lowest BCUT2D eigenvalue weighted by molar-refractivity contribution is -0.138. The molecule has 0 radical (unpaired) electrons. The Bertz CT molecular complexity index is 1310. The Balaban J connectivity index is 2.16. The minimum absolute atomic E-state index is 0.0328. The zero-order valence-electron chi connectivity index (χ0n) is 18.9. The van der Waals surface area contributed by atoms with Crippen LogP contribution in [-0.2, 0) is 35.8 Å². The third-order valence-electron chi connectivity index (χ3n) is 6.07. The molecule has 1 aromatic heterocycles. The van der Waals surface area contributed by atoms with Crippen molar-refractivity contribution in [2.24, 2.45) is 11.5 Å². The molecule has 0 fully saturated rings. The van der Waals surface area contributed by atoms with E-state index in [9.17, 15) is 19.2 Å². The molecule has 0 saturated carbocycles. The van der Waals surface area contributed by atoms with Gasteiger partial charge in [-0.1, -0.05) is 18.2 Å². The highest BCUT2D eigenvalue weighted by Crippen LogP contribution is 2.54. The van der Waals surface area contributed by atoms with Crippen molar-refractivity contribution in [3.8, 4) is 5.75 Å². The van der Waals surface area contributed by atoms with Crippen LogP contribution in [-0.4, -0.2) is 49.7 Å². The first-order chi connectivity index (χ1) is 16.2. The normalized spacial score (nSPS) is 18.6. The molecular formula is C23H24N4O7. The molecule has 11 nitrogen and oxygen atoms in total. The van der Waals surface area contributed by atoms with Crippen LogP contribution in [0.5, 0.6) is 5.75 Å². The quantitative estimate of drug-likeness (QED) is 0.545. The van der Waals surface area contributed by atoms with Crippen molar-refractivity contribution in [2.45, 2.75) is 18.9 Å². The Morgan fingerprint density at radius 3 is 2.53 bits per heavy atom. The summed E-state index contributed by atoms with van der Waals surface area (Å²) in [6.45, 7) is 1.66. The lowest BCUT2D eigenvalue weighted by Crippen LogP contribution is -2.53. The molecule has 1 atom stereocenters. The number of benzene rings is 1. The molecule has 0 saturated heterocycles. The number of primary amides is 1. The summed E-state index contributed by atoms with van der Waals surface area (Å²) in [5, 5.41) is 0. The van der Waals surface area contributed by atoms with Gasteiger partial charge in [-0.15, -0.1) is 0 Å². The third-order valence-corrected chi connectivity index (χ3v) is 6.07. The molecule has 11 heteroatoms. The molecule has 3 heterocycles. The van der Waals surface area contributed by atoms with Gasteiger partial charge in [0.2, 0.25) is 17.7 Å². The zero-order chi connectivity index (χ0) is 24.8. The van der Waals surface area contributed by atoms with Crippen molar-refractivity contribution in [3.63, 3.8) is 0 Å². The van der Waals surface area contributed by atoms with Gasteiger partial charge in [0.25, 0.3) is 5.56 Å². The molecule has 1 aromatic carbocycles. The zero-order valence-corrected chi connectivity index (χ0v) is 18.9. The molecule has 178 valence electrons. The number of ether oxygens (including phenoxy) is 3. The van der Waals surface area contributed by atoms with Gasteiger partial charge in [-0.05, 0) is 13.0 Å². The van der Waals surface area contributed by atoms with Crippen LogP contribution in [0.2, 0.25) is 0 Å². The average Bonchev–Trinajstić information content (AvgIpc) is 3.01. The van der Waals surface area contributed by atoms with Crippen LogP contribution >= 0.6 is 0 Å². The molecule has 4 N–H and O–H groups in total. The Morgan fingerprint density at radius 1 is 1.18 bits per heavy atom. The third kappa shape index (κ3) is 3.08. The van der Waals surface area contributed by atoms with Crippen LogP contribution in [0.25, 0.3) is 0 Å². The Kier molecular flexibility index (Phi) is 5.65. The molecule has 1 spiro atoms. The maximum Gasteiger partial charge on any atom is 0.340 e. The van der Waals surface area contributed by atoms with Gasteiger partial charge in [0.05, 0.1) is 19.3 Å². The van der Waals surface area contributed by atoms with Crippen molar-refractivity contribution in [1.82, 2.24) is 4.57 Å². The van der Waals surface area contributed by atoms with Crippen molar-refractivity contribution in [1.29, 1.82) is 0 Å². The van der Waals surface area contributed by atoms with Crippen molar-refractivity contribution >= 4 is 23.5 Å². The lowest BCUT2D eigenvalue weighted by Gasteiger charge is -2.35. The Labute approximate surface area is 194 Å². The van der Waals surface area contributed by atoms with Gasteiger partial charge < -0.3 is 35.1 Å². The van der Waals surface area contributed by atoms with E-state index in [-0.39, 0.29) is 41.5 Å². The number of anilines is 1. The molecule has 4 rings (SSSR count). The Hall–Kier alpha value is -4.12. The molecule has 2 aliphatic heterocycles. The van der Waals surface area contributed by atoms with Gasteiger partial charge in [-0.2, -0.15) is 0 Å². The van der Waals surface area contributed by atoms with Crippen molar-refractivity contribution < 1.29 is 28.6 Å². The first kappa shape index (κ1) is 23.1. The fourth-order valence-corrected chi connectivity index (χ4v) is 4.71. The molecule has 2 amide bonds. The van der Waals surface area contributed by atoms with Crippen LogP contribution in [0.4, 0.5) is 5.69 Å². The number of amides is 2. The molecule has 0 unspecified atom stereocenters. The van der Waals surface area contributed by atoms with E-state index in [1.54, 1.807) is 37.3 Å². The number of aromatic nitrogens is 1. The Morgan fingerprint density at radius 2 is 1.88 bits per heavy atom. The van der Waals surface area contributed by atoms with E-state index < -0.39 is 35.3 Å². The number of para-hydroxylation sites is 1. The summed E-state index contributed by atoms with van der Waals surface area (Å²) >= 11 is 0. The number of carbonyl (C=O) groups is 3. The minimum Gasteiger partial charge on any atom is -0.465 e. The maximum absolute atomic E-state index is 14.2. The van der Waals surface area contributed by atoms with E-state index in [1.807, 2.05) is 0 Å². The van der Waals surface area contributed by atoms with Crippen LogP contribution < -0.4 is 26.7 Å². The number of hydrogen-bond acceptors (Lipinski definition) is 8. The molecule has 0 bridgehead atoms. The number of aryl methyl sites for hydroxylation is 1. The second kappa shape index (κ2) is 8.34. The standard InChI is InChI=1S/C23H24N4O7/c1-12-10-15-17(20(29)26(12)8-9-32-2)23(18(19(25)34-15)21(30)33-3)13-6-4-5-7-14(13)27(22(23)31)11-16(24)28/h4-7,10H,8-9,11,25H2,1-3H3,(H2,24,28)/t23-/m0/s1. The predicted octanol–water partition coefficient (Wildman–Crippen LogP) is -0.343. The average molecular weight is 468 g/mol. The van der Waals surface area contributed by atoms with E-state index >= 15 is 0 Å². The van der Waals surface area contributed by atoms with Gasteiger partial charge >= 0.3 is 5.97 Å².